The summed E-state index contributed by atoms with van der Waals surface area (Å²) in [5.41, 5.74) is 2.50. The van der Waals surface area contributed by atoms with Crippen LogP contribution >= 0.6 is 0 Å². The summed E-state index contributed by atoms with van der Waals surface area (Å²) in [6.07, 6.45) is 3.72. The van der Waals surface area contributed by atoms with E-state index in [4.69, 9.17) is 10.6 Å². The zero-order valence-electron chi connectivity index (χ0n) is 21.4. The summed E-state index contributed by atoms with van der Waals surface area (Å²) in [4.78, 5) is 34.0. The molecule has 2 aliphatic rings. The summed E-state index contributed by atoms with van der Waals surface area (Å²) in [7, 11) is 0. The molecule has 2 fully saturated rings. The molecule has 8 nitrogen and oxygen atoms in total. The van der Waals surface area contributed by atoms with Gasteiger partial charge in [-0.3, -0.25) is 9.78 Å². The summed E-state index contributed by atoms with van der Waals surface area (Å²) >= 11 is 0. The molecule has 2 aromatic carbocycles. The smallest absolute Gasteiger partial charge is 0.410 e. The summed E-state index contributed by atoms with van der Waals surface area (Å²) in [5, 5.41) is 2.92. The summed E-state index contributed by atoms with van der Waals surface area (Å²) < 4.78 is 18.8. The summed E-state index contributed by atoms with van der Waals surface area (Å²) in [6, 6.07) is 11.3. The Kier molecular flexibility index (Phi) is 6.49. The highest BCUT2D eigenvalue weighted by atomic mass is 19.1. The molecule has 0 unspecified atom stereocenters. The van der Waals surface area contributed by atoms with Crippen LogP contribution in [0.15, 0.2) is 48.7 Å². The highest BCUT2D eigenvalue weighted by molar-refractivity contribution is 6.06. The van der Waals surface area contributed by atoms with Crippen molar-refractivity contribution in [2.24, 2.45) is 5.84 Å². The normalized spacial score (nSPS) is 16.1. The van der Waals surface area contributed by atoms with E-state index in [1.54, 1.807) is 17.2 Å². The lowest BCUT2D eigenvalue weighted by atomic mass is 9.98. The van der Waals surface area contributed by atoms with E-state index in [0.717, 1.165) is 34.3 Å². The van der Waals surface area contributed by atoms with Gasteiger partial charge in [-0.05, 0) is 86.9 Å². The molecule has 1 aliphatic carbocycles. The SMILES string of the molecule is CC(C)(C)OC(=O)N1CCN(c2ccc3cc(C(=O)N(N)c4ccc(F)cc4)ncc3c2C2CC2)CC1. The fraction of sp³-hybridized carbons (Fsp3) is 0.393. The third-order valence-corrected chi connectivity index (χ3v) is 6.72. The molecule has 37 heavy (non-hydrogen) atoms. The molecule has 2 N–H and O–H groups in total. The van der Waals surface area contributed by atoms with Gasteiger partial charge in [0, 0.05) is 43.4 Å². The van der Waals surface area contributed by atoms with Gasteiger partial charge in [0.05, 0.1) is 5.69 Å². The number of amides is 2. The second-order valence-corrected chi connectivity index (χ2v) is 10.7. The van der Waals surface area contributed by atoms with Crippen LogP contribution in [-0.2, 0) is 4.74 Å². The van der Waals surface area contributed by atoms with Crippen LogP contribution in [0, 0.1) is 5.82 Å². The fourth-order valence-corrected chi connectivity index (χ4v) is 4.72. The van der Waals surface area contributed by atoms with Crippen molar-refractivity contribution in [2.75, 3.05) is 36.1 Å². The second-order valence-electron chi connectivity index (χ2n) is 10.7. The maximum atomic E-state index is 13.3. The quantitative estimate of drug-likeness (QED) is 0.310. The number of hydrazine groups is 1. The first-order valence-corrected chi connectivity index (χ1v) is 12.6. The Labute approximate surface area is 215 Å². The minimum absolute atomic E-state index is 0.222. The minimum atomic E-state index is -0.515. The Morgan fingerprint density at radius 2 is 1.73 bits per heavy atom. The maximum absolute atomic E-state index is 13.3. The van der Waals surface area contributed by atoms with Crippen LogP contribution in [0.5, 0.6) is 0 Å². The Balaban J connectivity index is 1.37. The monoisotopic (exact) mass is 505 g/mol. The van der Waals surface area contributed by atoms with Crippen LogP contribution in [0.1, 0.15) is 55.6 Å². The highest BCUT2D eigenvalue weighted by Crippen LogP contribution is 2.47. The van der Waals surface area contributed by atoms with Crippen LogP contribution in [-0.4, -0.2) is 53.7 Å². The Hall–Kier alpha value is -3.72. The first-order chi connectivity index (χ1) is 17.6. The summed E-state index contributed by atoms with van der Waals surface area (Å²) in [5.74, 6) is 5.60. The average molecular weight is 506 g/mol. The van der Waals surface area contributed by atoms with E-state index in [9.17, 15) is 14.0 Å². The number of hydrogen-bond donors (Lipinski definition) is 1. The van der Waals surface area contributed by atoms with Crippen molar-refractivity contribution >= 4 is 34.1 Å². The lowest BCUT2D eigenvalue weighted by Gasteiger charge is -2.37. The van der Waals surface area contributed by atoms with E-state index in [1.165, 1.54) is 29.8 Å². The highest BCUT2D eigenvalue weighted by Gasteiger charge is 2.32. The number of halogens is 1. The molecule has 1 aromatic heterocycles. The van der Waals surface area contributed by atoms with Gasteiger partial charge >= 0.3 is 6.09 Å². The molecule has 2 heterocycles. The number of piperazine rings is 1. The van der Waals surface area contributed by atoms with Gasteiger partial charge in [0.2, 0.25) is 0 Å². The number of nitrogens with two attached hydrogens (primary N) is 1. The van der Waals surface area contributed by atoms with Crippen molar-refractivity contribution in [3.05, 3.63) is 65.7 Å². The van der Waals surface area contributed by atoms with Gasteiger partial charge < -0.3 is 14.5 Å². The minimum Gasteiger partial charge on any atom is -0.444 e. The van der Waals surface area contributed by atoms with Crippen LogP contribution in [0.25, 0.3) is 10.8 Å². The van der Waals surface area contributed by atoms with E-state index in [0.29, 0.717) is 37.8 Å². The van der Waals surface area contributed by atoms with E-state index < -0.39 is 17.3 Å². The third kappa shape index (κ3) is 5.36. The number of carbonyl (C=O) groups is 2. The number of pyridine rings is 1. The molecule has 1 saturated carbocycles. The lowest BCUT2D eigenvalue weighted by Crippen LogP contribution is -2.50. The number of rotatable bonds is 4. The van der Waals surface area contributed by atoms with E-state index in [1.807, 2.05) is 26.8 Å². The Morgan fingerprint density at radius 3 is 2.35 bits per heavy atom. The van der Waals surface area contributed by atoms with Crippen LogP contribution in [0.2, 0.25) is 0 Å². The number of anilines is 2. The molecule has 0 radical (unpaired) electrons. The molecular weight excluding hydrogens is 473 g/mol. The average Bonchev–Trinajstić information content (AvgIpc) is 3.72. The van der Waals surface area contributed by atoms with Crippen LogP contribution < -0.4 is 15.8 Å². The lowest BCUT2D eigenvalue weighted by molar-refractivity contribution is 0.0240. The van der Waals surface area contributed by atoms with Gasteiger partial charge in [-0.1, -0.05) is 6.07 Å². The van der Waals surface area contributed by atoms with Gasteiger partial charge in [0.25, 0.3) is 5.91 Å². The van der Waals surface area contributed by atoms with E-state index >= 15 is 0 Å². The van der Waals surface area contributed by atoms with E-state index in [-0.39, 0.29) is 11.8 Å². The first kappa shape index (κ1) is 25.0. The van der Waals surface area contributed by atoms with Crippen molar-refractivity contribution in [1.29, 1.82) is 0 Å². The van der Waals surface area contributed by atoms with Crippen molar-refractivity contribution in [3.8, 4) is 0 Å². The maximum Gasteiger partial charge on any atom is 0.410 e. The number of aromatic nitrogens is 1. The third-order valence-electron chi connectivity index (χ3n) is 6.72. The van der Waals surface area contributed by atoms with Crippen molar-refractivity contribution in [3.63, 3.8) is 0 Å². The number of carbonyl (C=O) groups excluding carboxylic acids is 2. The molecule has 0 atom stereocenters. The first-order valence-electron chi connectivity index (χ1n) is 12.6. The Bertz CT molecular complexity index is 1330. The molecule has 2 amide bonds. The van der Waals surface area contributed by atoms with Gasteiger partial charge in [0.1, 0.15) is 17.1 Å². The zero-order valence-corrected chi connectivity index (χ0v) is 21.4. The number of fused-ring (bicyclic) bond motifs is 1. The van der Waals surface area contributed by atoms with Gasteiger partial charge in [-0.25, -0.2) is 20.0 Å². The van der Waals surface area contributed by atoms with Gasteiger partial charge in [-0.2, -0.15) is 0 Å². The van der Waals surface area contributed by atoms with E-state index in [2.05, 4.69) is 16.0 Å². The fourth-order valence-electron chi connectivity index (χ4n) is 4.72. The van der Waals surface area contributed by atoms with Crippen molar-refractivity contribution in [1.82, 2.24) is 9.88 Å². The van der Waals surface area contributed by atoms with Gasteiger partial charge in [0.15, 0.2) is 0 Å². The Morgan fingerprint density at radius 1 is 1.05 bits per heavy atom. The largest absolute Gasteiger partial charge is 0.444 e. The molecular formula is C28H32FN5O3. The number of ether oxygens (including phenoxy) is 1. The summed E-state index contributed by atoms with van der Waals surface area (Å²) in [6.45, 7) is 8.25. The molecule has 194 valence electrons. The molecule has 1 aliphatic heterocycles. The molecule has 1 saturated heterocycles. The van der Waals surface area contributed by atoms with Crippen molar-refractivity contribution in [2.45, 2.75) is 45.1 Å². The van der Waals surface area contributed by atoms with Crippen LogP contribution in [0.4, 0.5) is 20.6 Å². The molecule has 9 heteroatoms. The number of hydrogen-bond acceptors (Lipinski definition) is 6. The number of benzene rings is 2. The molecule has 5 rings (SSSR count). The standard InChI is InChI=1S/C28H32FN5O3/c1-28(2,3)37-27(36)33-14-12-32(13-15-33)24-11-6-19-16-23(31-17-22(19)25(24)18-4-5-18)26(35)34(30)21-9-7-20(29)8-10-21/h6-11,16-18H,4-5,12-15,30H2,1-3H3. The molecule has 0 spiro atoms. The molecule has 3 aromatic rings. The number of nitrogens with zero attached hydrogens (tertiary/aromatic N) is 4. The predicted molar refractivity (Wildman–Crippen MR) is 141 cm³/mol. The molecule has 0 bridgehead atoms. The topological polar surface area (TPSA) is 92.0 Å². The zero-order chi connectivity index (χ0) is 26.3. The predicted octanol–water partition coefficient (Wildman–Crippen LogP) is 4.83. The second kappa shape index (κ2) is 9.63. The van der Waals surface area contributed by atoms with Crippen LogP contribution in [0.3, 0.4) is 0 Å². The van der Waals surface area contributed by atoms with Gasteiger partial charge in [-0.15, -0.1) is 0 Å². The van der Waals surface area contributed by atoms with Crippen molar-refractivity contribution < 1.29 is 18.7 Å².